The van der Waals surface area contributed by atoms with Gasteiger partial charge in [-0.3, -0.25) is 9.69 Å². The first-order valence-corrected chi connectivity index (χ1v) is 12.5. The summed E-state index contributed by atoms with van der Waals surface area (Å²) in [5.74, 6) is -0.339. The molecule has 0 atom stereocenters. The predicted octanol–water partition coefficient (Wildman–Crippen LogP) is 3.90. The number of carbonyl (C=O) groups is 1. The molecule has 1 saturated heterocycles. The van der Waals surface area contributed by atoms with Crippen LogP contribution in [0.15, 0.2) is 47.4 Å². The van der Waals surface area contributed by atoms with E-state index in [0.29, 0.717) is 19.6 Å². The largest absolute Gasteiger partial charge is 0.348 e. The van der Waals surface area contributed by atoms with Gasteiger partial charge in [0.2, 0.25) is 10.0 Å². The normalized spacial score (nSPS) is 14.8. The van der Waals surface area contributed by atoms with Crippen LogP contribution in [-0.4, -0.2) is 49.7 Å². The molecule has 6 nitrogen and oxygen atoms in total. The molecule has 1 aliphatic rings. The SMILES string of the molecule is CCN(CC)S(=O)(=O)c1cc(C(=O)NCc2ccc(CN3CCCC3)cc2)ccc1Cl. The van der Waals surface area contributed by atoms with Gasteiger partial charge in [0, 0.05) is 31.7 Å². The summed E-state index contributed by atoms with van der Waals surface area (Å²) in [5.41, 5.74) is 2.52. The molecule has 0 aliphatic carbocycles. The monoisotopic (exact) mass is 463 g/mol. The summed E-state index contributed by atoms with van der Waals surface area (Å²) in [4.78, 5) is 15.0. The minimum absolute atomic E-state index is 0.0446. The van der Waals surface area contributed by atoms with Crippen molar-refractivity contribution in [3.05, 3.63) is 64.2 Å². The first-order chi connectivity index (χ1) is 14.8. The van der Waals surface area contributed by atoms with Crippen LogP contribution in [0.2, 0.25) is 5.02 Å². The molecule has 2 aromatic rings. The summed E-state index contributed by atoms with van der Waals surface area (Å²) in [5, 5.41) is 2.97. The lowest BCUT2D eigenvalue weighted by molar-refractivity contribution is 0.0950. The fourth-order valence-electron chi connectivity index (χ4n) is 3.79. The molecular formula is C23H30ClN3O3S. The van der Waals surface area contributed by atoms with Crippen LogP contribution in [0.3, 0.4) is 0 Å². The Kier molecular flexibility index (Phi) is 8.11. The number of hydrogen-bond acceptors (Lipinski definition) is 4. The Hall–Kier alpha value is -1.93. The van der Waals surface area contributed by atoms with E-state index in [0.717, 1.165) is 25.2 Å². The lowest BCUT2D eigenvalue weighted by atomic mass is 10.1. The van der Waals surface area contributed by atoms with Crippen molar-refractivity contribution >= 4 is 27.5 Å². The summed E-state index contributed by atoms with van der Waals surface area (Å²) >= 11 is 6.15. The molecule has 0 aromatic heterocycles. The minimum Gasteiger partial charge on any atom is -0.348 e. The van der Waals surface area contributed by atoms with Crippen molar-refractivity contribution in [1.29, 1.82) is 0 Å². The molecule has 0 unspecified atom stereocenters. The van der Waals surface area contributed by atoms with Crippen LogP contribution < -0.4 is 5.32 Å². The zero-order chi connectivity index (χ0) is 22.4. The van der Waals surface area contributed by atoms with Gasteiger partial charge in [0.1, 0.15) is 4.90 Å². The van der Waals surface area contributed by atoms with Gasteiger partial charge in [-0.1, -0.05) is 49.7 Å². The second-order valence-corrected chi connectivity index (χ2v) is 10.0. The van der Waals surface area contributed by atoms with E-state index in [1.165, 1.54) is 40.9 Å². The van der Waals surface area contributed by atoms with Gasteiger partial charge in [0.05, 0.1) is 5.02 Å². The van der Waals surface area contributed by atoms with Gasteiger partial charge in [-0.05, 0) is 55.3 Å². The Morgan fingerprint density at radius 2 is 1.65 bits per heavy atom. The second kappa shape index (κ2) is 10.6. The molecule has 1 amide bonds. The number of likely N-dealkylation sites (tertiary alicyclic amines) is 1. The molecule has 2 aromatic carbocycles. The quantitative estimate of drug-likeness (QED) is 0.612. The third-order valence-corrected chi connectivity index (χ3v) is 8.13. The standard InChI is InChI=1S/C23H30ClN3O3S/c1-3-27(4-2)31(29,30)22-15-20(11-12-21(22)24)23(28)25-16-18-7-9-19(10-8-18)17-26-13-5-6-14-26/h7-12,15H,3-6,13-14,16-17H2,1-2H3,(H,25,28). The van der Waals surface area contributed by atoms with Crippen molar-refractivity contribution in [2.24, 2.45) is 0 Å². The zero-order valence-corrected chi connectivity index (χ0v) is 19.7. The number of benzene rings is 2. The second-order valence-electron chi connectivity index (χ2n) is 7.72. The number of carbonyl (C=O) groups excluding carboxylic acids is 1. The van der Waals surface area contributed by atoms with Crippen LogP contribution in [0, 0.1) is 0 Å². The Morgan fingerprint density at radius 3 is 2.26 bits per heavy atom. The van der Waals surface area contributed by atoms with E-state index in [-0.39, 0.29) is 21.4 Å². The highest BCUT2D eigenvalue weighted by molar-refractivity contribution is 7.89. The van der Waals surface area contributed by atoms with E-state index < -0.39 is 10.0 Å². The van der Waals surface area contributed by atoms with Crippen LogP contribution in [-0.2, 0) is 23.1 Å². The highest BCUT2D eigenvalue weighted by Crippen LogP contribution is 2.26. The van der Waals surface area contributed by atoms with Gasteiger partial charge in [-0.2, -0.15) is 4.31 Å². The van der Waals surface area contributed by atoms with Crippen LogP contribution in [0.25, 0.3) is 0 Å². The van der Waals surface area contributed by atoms with E-state index >= 15 is 0 Å². The molecule has 3 rings (SSSR count). The fourth-order valence-corrected chi connectivity index (χ4v) is 5.75. The van der Waals surface area contributed by atoms with Crippen LogP contribution >= 0.6 is 11.6 Å². The molecule has 1 heterocycles. The highest BCUT2D eigenvalue weighted by Gasteiger charge is 2.25. The number of nitrogens with zero attached hydrogens (tertiary/aromatic N) is 2. The number of halogens is 1. The first-order valence-electron chi connectivity index (χ1n) is 10.7. The van der Waals surface area contributed by atoms with Gasteiger partial charge in [0.15, 0.2) is 0 Å². The van der Waals surface area contributed by atoms with E-state index in [9.17, 15) is 13.2 Å². The molecule has 0 spiro atoms. The molecule has 31 heavy (non-hydrogen) atoms. The molecule has 1 N–H and O–H groups in total. The molecule has 1 aliphatic heterocycles. The zero-order valence-electron chi connectivity index (χ0n) is 18.1. The van der Waals surface area contributed by atoms with Gasteiger partial charge in [-0.15, -0.1) is 0 Å². The van der Waals surface area contributed by atoms with E-state index in [4.69, 9.17) is 11.6 Å². The van der Waals surface area contributed by atoms with Crippen LogP contribution in [0.1, 0.15) is 48.2 Å². The lowest BCUT2D eigenvalue weighted by Crippen LogP contribution is -2.31. The smallest absolute Gasteiger partial charge is 0.251 e. The van der Waals surface area contributed by atoms with Crippen LogP contribution in [0.4, 0.5) is 0 Å². The molecule has 1 fully saturated rings. The molecule has 8 heteroatoms. The van der Waals surface area contributed by atoms with Gasteiger partial charge in [-0.25, -0.2) is 8.42 Å². The maximum absolute atomic E-state index is 12.8. The Labute approximate surface area is 190 Å². The van der Waals surface area contributed by atoms with Gasteiger partial charge >= 0.3 is 0 Å². The molecule has 0 saturated carbocycles. The maximum Gasteiger partial charge on any atom is 0.251 e. The number of sulfonamides is 1. The lowest BCUT2D eigenvalue weighted by Gasteiger charge is -2.19. The molecule has 0 radical (unpaired) electrons. The van der Waals surface area contributed by atoms with Gasteiger partial charge < -0.3 is 5.32 Å². The highest BCUT2D eigenvalue weighted by atomic mass is 35.5. The summed E-state index contributed by atoms with van der Waals surface area (Å²) in [6.07, 6.45) is 2.54. The summed E-state index contributed by atoms with van der Waals surface area (Å²) in [7, 11) is -3.75. The summed E-state index contributed by atoms with van der Waals surface area (Å²) in [6.45, 7) is 7.84. The summed E-state index contributed by atoms with van der Waals surface area (Å²) < 4.78 is 27.0. The number of rotatable bonds is 9. The van der Waals surface area contributed by atoms with Gasteiger partial charge in [0.25, 0.3) is 5.91 Å². The first kappa shape index (κ1) is 23.7. The van der Waals surface area contributed by atoms with Crippen molar-refractivity contribution in [3.63, 3.8) is 0 Å². The third kappa shape index (κ3) is 5.86. The minimum atomic E-state index is -3.75. The number of hydrogen-bond donors (Lipinski definition) is 1. The van der Waals surface area contributed by atoms with Crippen molar-refractivity contribution < 1.29 is 13.2 Å². The average molecular weight is 464 g/mol. The van der Waals surface area contributed by atoms with Crippen molar-refractivity contribution in [3.8, 4) is 0 Å². The fraction of sp³-hybridized carbons (Fsp3) is 0.435. The summed E-state index contributed by atoms with van der Waals surface area (Å²) in [6, 6.07) is 12.6. The van der Waals surface area contributed by atoms with Crippen molar-refractivity contribution in [2.45, 2.75) is 44.7 Å². The number of amides is 1. The Morgan fingerprint density at radius 1 is 1.03 bits per heavy atom. The molecule has 0 bridgehead atoms. The molecule has 168 valence electrons. The third-order valence-electron chi connectivity index (χ3n) is 5.60. The maximum atomic E-state index is 12.8. The Balaban J connectivity index is 1.65. The van der Waals surface area contributed by atoms with Crippen molar-refractivity contribution in [2.75, 3.05) is 26.2 Å². The van der Waals surface area contributed by atoms with Crippen LogP contribution in [0.5, 0.6) is 0 Å². The molecular weight excluding hydrogens is 434 g/mol. The van der Waals surface area contributed by atoms with E-state index in [1.807, 2.05) is 12.1 Å². The van der Waals surface area contributed by atoms with Crippen molar-refractivity contribution in [1.82, 2.24) is 14.5 Å². The van der Waals surface area contributed by atoms with E-state index in [2.05, 4.69) is 22.3 Å². The number of nitrogens with one attached hydrogen (secondary N) is 1. The topological polar surface area (TPSA) is 69.7 Å². The predicted molar refractivity (Wildman–Crippen MR) is 124 cm³/mol. The Bertz CT molecular complexity index is 999. The average Bonchev–Trinajstić information content (AvgIpc) is 3.27. The van der Waals surface area contributed by atoms with E-state index in [1.54, 1.807) is 13.8 Å².